The first-order valence-corrected chi connectivity index (χ1v) is 7.53. The summed E-state index contributed by atoms with van der Waals surface area (Å²) in [4.78, 5) is 12.4. The summed E-state index contributed by atoms with van der Waals surface area (Å²) in [5.74, 6) is -0.0433. The molecule has 0 aliphatic carbocycles. The topological polar surface area (TPSA) is 46.5 Å². The van der Waals surface area contributed by atoms with Crippen LogP contribution in [0.1, 0.15) is 35.3 Å². The molecule has 5 heteroatoms. The smallest absolute Gasteiger partial charge is 0.423 e. The third-order valence-electron chi connectivity index (χ3n) is 3.98. The van der Waals surface area contributed by atoms with Gasteiger partial charge in [-0.2, -0.15) is 0 Å². The summed E-state index contributed by atoms with van der Waals surface area (Å²) in [6, 6.07) is 12.7. The minimum absolute atomic E-state index is 0.0433. The lowest BCUT2D eigenvalue weighted by molar-refractivity contribution is 0.0991. The Balaban J connectivity index is 1.88. The molecule has 22 heavy (non-hydrogen) atoms. The number of hydrogen-bond donors (Lipinski definition) is 1. The molecule has 0 amide bonds. The van der Waals surface area contributed by atoms with E-state index in [1.807, 2.05) is 32.0 Å². The summed E-state index contributed by atoms with van der Waals surface area (Å²) in [6.45, 7) is 3.83. The fourth-order valence-electron chi connectivity index (χ4n) is 2.85. The van der Waals surface area contributed by atoms with Gasteiger partial charge in [-0.25, -0.2) is 0 Å². The molecular weight excluding hydrogens is 298 g/mol. The molecule has 0 aromatic heterocycles. The van der Waals surface area contributed by atoms with Gasteiger partial charge >= 0.3 is 7.12 Å². The molecule has 0 spiro atoms. The molecule has 0 atom stereocenters. The molecule has 1 N–H and O–H groups in total. The van der Waals surface area contributed by atoms with Gasteiger partial charge in [0.05, 0.1) is 10.6 Å². The predicted molar refractivity (Wildman–Crippen MR) is 87.6 cm³/mol. The van der Waals surface area contributed by atoms with Crippen molar-refractivity contribution in [1.82, 2.24) is 0 Å². The lowest BCUT2D eigenvalue weighted by Gasteiger charge is -2.19. The van der Waals surface area contributed by atoms with Crippen LogP contribution < -0.4 is 5.46 Å². The molecule has 1 aliphatic rings. The number of fused-ring (bicyclic) bond motifs is 1. The highest BCUT2D eigenvalue weighted by Gasteiger charge is 2.40. The number of carbonyl (C=O) groups excluding carboxylic acids is 1. The average Bonchev–Trinajstić information content (AvgIpc) is 2.69. The summed E-state index contributed by atoms with van der Waals surface area (Å²) in [6.07, 6.45) is 0.240. The van der Waals surface area contributed by atoms with Gasteiger partial charge in [-0.15, -0.1) is 0 Å². The van der Waals surface area contributed by atoms with Crippen molar-refractivity contribution >= 4 is 30.0 Å². The van der Waals surface area contributed by atoms with Crippen molar-refractivity contribution in [2.75, 3.05) is 0 Å². The van der Waals surface area contributed by atoms with Gasteiger partial charge in [0.2, 0.25) is 0 Å². The van der Waals surface area contributed by atoms with E-state index in [0.717, 1.165) is 16.6 Å². The van der Waals surface area contributed by atoms with Crippen molar-refractivity contribution in [3.8, 4) is 0 Å². The van der Waals surface area contributed by atoms with E-state index in [-0.39, 0.29) is 12.2 Å². The summed E-state index contributed by atoms with van der Waals surface area (Å²) in [5, 5.41) is 10.5. The van der Waals surface area contributed by atoms with Crippen LogP contribution in [0.3, 0.4) is 0 Å². The summed E-state index contributed by atoms with van der Waals surface area (Å²) in [7, 11) is -0.944. The molecule has 0 saturated carbocycles. The zero-order valence-electron chi connectivity index (χ0n) is 12.5. The Morgan fingerprint density at radius 2 is 2.00 bits per heavy atom. The monoisotopic (exact) mass is 314 g/mol. The van der Waals surface area contributed by atoms with E-state index in [4.69, 9.17) is 16.3 Å². The number of carbonyl (C=O) groups is 1. The second kappa shape index (κ2) is 5.54. The summed E-state index contributed by atoms with van der Waals surface area (Å²) in [5.41, 5.74) is 2.52. The molecule has 3 nitrogen and oxygen atoms in total. The maximum Gasteiger partial charge on any atom is 0.492 e. The maximum atomic E-state index is 12.4. The zero-order valence-corrected chi connectivity index (χ0v) is 13.2. The van der Waals surface area contributed by atoms with E-state index >= 15 is 0 Å². The minimum atomic E-state index is -0.944. The molecular formula is C17H16BClO3. The van der Waals surface area contributed by atoms with Gasteiger partial charge in [0.1, 0.15) is 0 Å². The standard InChI is InChI=1S/C17H16BClO3/c1-17(2)13-8-7-11(9-14(13)18(21)22-17)10-16(20)12-5-3-4-6-15(12)19/h3-9,21H,10H2,1-2H3. The molecule has 112 valence electrons. The van der Waals surface area contributed by atoms with Gasteiger partial charge in [-0.05, 0) is 42.6 Å². The van der Waals surface area contributed by atoms with E-state index in [9.17, 15) is 9.82 Å². The van der Waals surface area contributed by atoms with Crippen molar-refractivity contribution in [2.45, 2.75) is 25.9 Å². The Morgan fingerprint density at radius 3 is 2.73 bits per heavy atom. The fraction of sp³-hybridized carbons (Fsp3) is 0.235. The molecule has 0 radical (unpaired) electrons. The van der Waals surface area contributed by atoms with E-state index in [1.165, 1.54) is 0 Å². The zero-order chi connectivity index (χ0) is 15.9. The van der Waals surface area contributed by atoms with Crippen molar-refractivity contribution in [2.24, 2.45) is 0 Å². The van der Waals surface area contributed by atoms with E-state index in [1.54, 1.807) is 24.3 Å². The van der Waals surface area contributed by atoms with Crippen molar-refractivity contribution < 1.29 is 14.5 Å². The van der Waals surface area contributed by atoms with Gasteiger partial charge in [0.25, 0.3) is 0 Å². The van der Waals surface area contributed by atoms with Crippen LogP contribution in [0, 0.1) is 0 Å². The fourth-order valence-corrected chi connectivity index (χ4v) is 3.09. The summed E-state index contributed by atoms with van der Waals surface area (Å²) >= 11 is 6.06. The normalized spacial score (nSPS) is 15.7. The van der Waals surface area contributed by atoms with E-state index < -0.39 is 12.7 Å². The van der Waals surface area contributed by atoms with E-state index in [2.05, 4.69) is 0 Å². The lowest BCUT2D eigenvalue weighted by atomic mass is 9.77. The predicted octanol–water partition coefficient (Wildman–Crippen LogP) is 2.72. The Morgan fingerprint density at radius 1 is 1.27 bits per heavy atom. The Hall–Kier alpha value is -1.62. The van der Waals surface area contributed by atoms with Gasteiger partial charge in [0.15, 0.2) is 5.78 Å². The number of hydrogen-bond acceptors (Lipinski definition) is 3. The Bertz CT molecular complexity index is 742. The van der Waals surface area contributed by atoms with Gasteiger partial charge < -0.3 is 9.68 Å². The van der Waals surface area contributed by atoms with Crippen LogP contribution in [0.4, 0.5) is 0 Å². The highest BCUT2D eigenvalue weighted by Crippen LogP contribution is 2.30. The van der Waals surface area contributed by atoms with Crippen LogP contribution in [0.15, 0.2) is 42.5 Å². The molecule has 0 unspecified atom stereocenters. The van der Waals surface area contributed by atoms with Gasteiger partial charge in [-0.3, -0.25) is 4.79 Å². The highest BCUT2D eigenvalue weighted by atomic mass is 35.5. The molecule has 2 aromatic rings. The van der Waals surface area contributed by atoms with E-state index in [0.29, 0.717) is 10.6 Å². The van der Waals surface area contributed by atoms with Crippen LogP contribution in [0.2, 0.25) is 5.02 Å². The molecule has 0 saturated heterocycles. The van der Waals surface area contributed by atoms with Crippen LogP contribution in [-0.2, 0) is 16.7 Å². The molecule has 0 bridgehead atoms. The van der Waals surface area contributed by atoms with Gasteiger partial charge in [-0.1, -0.05) is 41.9 Å². The van der Waals surface area contributed by atoms with Crippen molar-refractivity contribution in [3.05, 3.63) is 64.2 Å². The highest BCUT2D eigenvalue weighted by molar-refractivity contribution is 6.62. The lowest BCUT2D eigenvalue weighted by Crippen LogP contribution is -2.29. The first-order valence-electron chi connectivity index (χ1n) is 7.15. The molecule has 1 heterocycles. The van der Waals surface area contributed by atoms with Crippen LogP contribution >= 0.6 is 11.6 Å². The number of rotatable bonds is 3. The quantitative estimate of drug-likeness (QED) is 0.700. The largest absolute Gasteiger partial charge is 0.492 e. The Kier molecular flexibility index (Phi) is 3.85. The third kappa shape index (κ3) is 2.70. The third-order valence-corrected chi connectivity index (χ3v) is 4.31. The van der Waals surface area contributed by atoms with Crippen molar-refractivity contribution in [3.63, 3.8) is 0 Å². The summed E-state index contributed by atoms with van der Waals surface area (Å²) < 4.78 is 5.53. The first-order chi connectivity index (χ1) is 10.4. The first kappa shape index (κ1) is 15.3. The SMILES string of the molecule is CC1(C)OB(O)c2cc(CC(=O)c3ccccc3Cl)ccc21. The molecule has 1 aliphatic heterocycles. The average molecular weight is 315 g/mol. The van der Waals surface area contributed by atoms with Crippen LogP contribution in [0.5, 0.6) is 0 Å². The second-order valence-electron chi connectivity index (χ2n) is 5.98. The number of ketones is 1. The van der Waals surface area contributed by atoms with Crippen LogP contribution in [0.25, 0.3) is 0 Å². The molecule has 0 fully saturated rings. The van der Waals surface area contributed by atoms with Crippen LogP contribution in [-0.4, -0.2) is 17.9 Å². The van der Waals surface area contributed by atoms with Crippen molar-refractivity contribution in [1.29, 1.82) is 0 Å². The second-order valence-corrected chi connectivity index (χ2v) is 6.39. The van der Waals surface area contributed by atoms with Gasteiger partial charge in [0, 0.05) is 12.0 Å². The number of Topliss-reactive ketones (excluding diaryl/α,β-unsaturated/α-hetero) is 1. The molecule has 2 aromatic carbocycles. The number of benzene rings is 2. The number of halogens is 1. The maximum absolute atomic E-state index is 12.4. The minimum Gasteiger partial charge on any atom is -0.423 e. The molecule has 3 rings (SSSR count). The Labute approximate surface area is 135 Å².